The first-order valence-corrected chi connectivity index (χ1v) is 21.3. The Bertz CT molecular complexity index is 2890. The van der Waals surface area contributed by atoms with E-state index in [4.69, 9.17) is 35.1 Å². The van der Waals surface area contributed by atoms with Crippen LogP contribution in [0.5, 0.6) is 5.75 Å². The fourth-order valence-corrected chi connectivity index (χ4v) is 7.18. The Balaban J connectivity index is 1.12. The van der Waals surface area contributed by atoms with Gasteiger partial charge in [0.05, 0.1) is 30.1 Å². The van der Waals surface area contributed by atoms with Crippen molar-refractivity contribution in [3.8, 4) is 17.1 Å². The summed E-state index contributed by atoms with van der Waals surface area (Å²) in [6, 6.07) is 40.9. The Labute approximate surface area is 386 Å². The van der Waals surface area contributed by atoms with Crippen molar-refractivity contribution in [2.45, 2.75) is 44.7 Å². The fraction of sp³-hybridized carbons (Fsp3) is 0.173. The normalized spacial score (nSPS) is 11.7. The number of ether oxygens (including phenoxy) is 4. The van der Waals surface area contributed by atoms with Crippen LogP contribution in [0.3, 0.4) is 0 Å². The zero-order chi connectivity index (χ0) is 47.3. The minimum Gasteiger partial charge on any atom is -0.497 e. The van der Waals surface area contributed by atoms with Crippen LogP contribution < -0.4 is 21.1 Å². The Morgan fingerprint density at radius 2 is 1.24 bits per heavy atom. The number of carbonyl (C=O) groups is 5. The zero-order valence-electron chi connectivity index (χ0n) is 36.8. The van der Waals surface area contributed by atoms with Crippen molar-refractivity contribution in [2.24, 2.45) is 12.8 Å². The number of hydrogen-bond acceptors (Lipinski definition) is 11. The molecular weight excluding hydrogens is 853 g/mol. The number of methoxy groups -OCH3 is 1. The van der Waals surface area contributed by atoms with Crippen molar-refractivity contribution in [3.63, 3.8) is 0 Å². The number of nitrogens with two attached hydrogens (primary N) is 1. The molecule has 2 amide bonds. The van der Waals surface area contributed by atoms with Gasteiger partial charge in [-0.2, -0.15) is 0 Å². The zero-order valence-corrected chi connectivity index (χ0v) is 36.8. The van der Waals surface area contributed by atoms with E-state index in [0.29, 0.717) is 33.7 Å². The van der Waals surface area contributed by atoms with Crippen molar-refractivity contribution in [2.75, 3.05) is 7.11 Å². The van der Waals surface area contributed by atoms with Crippen LogP contribution in [0.4, 0.5) is 0 Å². The Kier molecular flexibility index (Phi) is 15.1. The van der Waals surface area contributed by atoms with Gasteiger partial charge in [-0.25, -0.2) is 14.6 Å². The largest absolute Gasteiger partial charge is 0.497 e. The maximum absolute atomic E-state index is 14.2. The maximum atomic E-state index is 14.2. The summed E-state index contributed by atoms with van der Waals surface area (Å²) >= 11 is 0. The molecule has 0 saturated heterocycles. The molecule has 15 heteroatoms. The molecule has 7 aromatic rings. The topological polar surface area (TPSA) is 214 Å². The highest BCUT2D eigenvalue weighted by molar-refractivity contribution is 6.05. The second kappa shape index (κ2) is 21.9. The Hall–Kier alpha value is -8.59. The number of fused-ring (bicyclic) bond motifs is 1. The first kappa shape index (κ1) is 46.4. The predicted octanol–water partition coefficient (Wildman–Crippen LogP) is 6.59. The molecule has 5 N–H and O–H groups in total. The number of aromatic nitrogens is 2. The molecule has 0 aliphatic heterocycles. The lowest BCUT2D eigenvalue weighted by molar-refractivity contribution is -0.149. The fourth-order valence-electron chi connectivity index (χ4n) is 7.18. The number of benzene rings is 6. The molecule has 15 nitrogen and oxygen atoms in total. The SMILES string of the molecule is COc1ccc(CC(NC(=O)C(CC(=O)OCc2ccccc2)NC(=O)c2ccc3c(c2)nc(-c2ccc(C(=O)OCc4ccccc4)cc2C(=N)N)n3C)C(=O)OCc2ccccc2)cc1. The molecule has 0 aliphatic rings. The number of imidazole rings is 1. The van der Waals surface area contributed by atoms with Crippen LogP contribution in [0, 0.1) is 5.41 Å². The first-order valence-electron chi connectivity index (χ1n) is 21.3. The van der Waals surface area contributed by atoms with Gasteiger partial charge in [-0.3, -0.25) is 19.8 Å². The number of esters is 3. The Morgan fingerprint density at radius 1 is 0.657 bits per heavy atom. The second-order valence-electron chi connectivity index (χ2n) is 15.5. The number of nitrogens with zero attached hydrogens (tertiary/aromatic N) is 2. The number of aryl methyl sites for hydroxylation is 1. The third-order valence-electron chi connectivity index (χ3n) is 10.8. The van der Waals surface area contributed by atoms with E-state index in [-0.39, 0.29) is 48.8 Å². The van der Waals surface area contributed by atoms with Gasteiger partial charge in [-0.15, -0.1) is 0 Å². The van der Waals surface area contributed by atoms with Gasteiger partial charge in [0.1, 0.15) is 49.3 Å². The average Bonchev–Trinajstić information content (AvgIpc) is 3.69. The lowest BCUT2D eigenvalue weighted by atomic mass is 10.0. The van der Waals surface area contributed by atoms with E-state index in [2.05, 4.69) is 10.6 Å². The lowest BCUT2D eigenvalue weighted by Gasteiger charge is -2.23. The van der Waals surface area contributed by atoms with E-state index in [1.54, 1.807) is 90.5 Å². The summed E-state index contributed by atoms with van der Waals surface area (Å²) in [4.78, 5) is 73.1. The Morgan fingerprint density at radius 3 is 1.84 bits per heavy atom. The number of rotatable bonds is 19. The molecule has 6 aromatic carbocycles. The monoisotopic (exact) mass is 900 g/mol. The van der Waals surface area contributed by atoms with E-state index < -0.39 is 48.2 Å². The van der Waals surface area contributed by atoms with Crippen LogP contribution in [-0.4, -0.2) is 64.3 Å². The third-order valence-corrected chi connectivity index (χ3v) is 10.8. The van der Waals surface area contributed by atoms with Crippen LogP contribution in [0.1, 0.15) is 55.0 Å². The summed E-state index contributed by atoms with van der Waals surface area (Å²) in [6.45, 7) is -0.0569. The second-order valence-corrected chi connectivity index (χ2v) is 15.5. The molecular formula is C52H48N6O9. The average molecular weight is 901 g/mol. The summed E-state index contributed by atoms with van der Waals surface area (Å²) in [5.74, 6) is -2.95. The maximum Gasteiger partial charge on any atom is 0.338 e. The van der Waals surface area contributed by atoms with Crippen LogP contribution in [0.2, 0.25) is 0 Å². The van der Waals surface area contributed by atoms with E-state index in [1.165, 1.54) is 25.3 Å². The van der Waals surface area contributed by atoms with E-state index in [0.717, 1.165) is 16.7 Å². The molecule has 0 bridgehead atoms. The molecule has 0 spiro atoms. The minimum absolute atomic E-state index is 0.0214. The van der Waals surface area contributed by atoms with Gasteiger partial charge >= 0.3 is 17.9 Å². The number of hydrogen-bond donors (Lipinski definition) is 4. The number of amidine groups is 1. The molecule has 0 saturated carbocycles. The van der Waals surface area contributed by atoms with Crippen molar-refractivity contribution in [1.29, 1.82) is 5.41 Å². The summed E-state index contributed by atoms with van der Waals surface area (Å²) < 4.78 is 23.7. The van der Waals surface area contributed by atoms with Crippen LogP contribution in [-0.2, 0) is 61.9 Å². The molecule has 0 aliphatic carbocycles. The molecule has 67 heavy (non-hydrogen) atoms. The molecule has 1 heterocycles. The number of carbonyl (C=O) groups excluding carboxylic acids is 5. The van der Waals surface area contributed by atoms with Crippen LogP contribution >= 0.6 is 0 Å². The summed E-state index contributed by atoms with van der Waals surface area (Å²) in [5.41, 5.74) is 11.0. The lowest BCUT2D eigenvalue weighted by Crippen LogP contribution is -2.53. The summed E-state index contributed by atoms with van der Waals surface area (Å²) in [7, 11) is 3.29. The van der Waals surface area contributed by atoms with Gasteiger partial charge in [0, 0.05) is 30.2 Å². The molecule has 2 atom stereocenters. The van der Waals surface area contributed by atoms with Crippen LogP contribution in [0.15, 0.2) is 152 Å². The van der Waals surface area contributed by atoms with Gasteiger partial charge in [-0.05, 0) is 70.8 Å². The third kappa shape index (κ3) is 12.2. The van der Waals surface area contributed by atoms with Gasteiger partial charge in [0.15, 0.2) is 0 Å². The van der Waals surface area contributed by atoms with Crippen molar-refractivity contribution >= 4 is 46.6 Å². The molecule has 2 unspecified atom stereocenters. The highest BCUT2D eigenvalue weighted by Gasteiger charge is 2.31. The van der Waals surface area contributed by atoms with E-state index in [9.17, 15) is 24.0 Å². The standard InChI is InChI=1S/C52H48N6O9/c1-58-45-25-21-37(28-42(45)55-48(58)40-24-20-38(27-41(40)47(53)54)51(62)66-31-35-14-8-4-9-15-35)49(60)56-43(29-46(59)65-30-34-12-6-3-7-13-34)50(61)57-44(26-33-18-22-39(64-2)23-19-33)52(63)67-32-36-16-10-5-11-17-36/h3-25,27-28,43-44H,26,29-32H2,1-2H3,(H3,53,54)(H,56,60)(H,57,61). The first-order chi connectivity index (χ1) is 32.4. The van der Waals surface area contributed by atoms with Crippen LogP contribution in [0.25, 0.3) is 22.4 Å². The van der Waals surface area contributed by atoms with Gasteiger partial charge in [0.25, 0.3) is 5.91 Å². The number of nitrogen functional groups attached to an aromatic ring is 1. The smallest absolute Gasteiger partial charge is 0.338 e. The number of nitrogens with one attached hydrogen (secondary N) is 3. The van der Waals surface area contributed by atoms with E-state index >= 15 is 0 Å². The van der Waals surface area contributed by atoms with Crippen molar-refractivity contribution in [1.82, 2.24) is 20.2 Å². The van der Waals surface area contributed by atoms with E-state index in [1.807, 2.05) is 54.6 Å². The number of amides is 2. The highest BCUT2D eigenvalue weighted by atomic mass is 16.5. The predicted molar refractivity (Wildman–Crippen MR) is 250 cm³/mol. The molecule has 0 radical (unpaired) electrons. The summed E-state index contributed by atoms with van der Waals surface area (Å²) in [6.07, 6.45) is -0.550. The molecule has 340 valence electrons. The van der Waals surface area contributed by atoms with Gasteiger partial charge < -0.3 is 39.9 Å². The van der Waals surface area contributed by atoms with Crippen molar-refractivity contribution < 1.29 is 42.9 Å². The highest BCUT2D eigenvalue weighted by Crippen LogP contribution is 2.29. The summed E-state index contributed by atoms with van der Waals surface area (Å²) in [5, 5.41) is 13.8. The molecule has 0 fully saturated rings. The molecule has 1 aromatic heterocycles. The molecule has 7 rings (SSSR count). The quantitative estimate of drug-likeness (QED) is 0.0294. The van der Waals surface area contributed by atoms with Gasteiger partial charge in [-0.1, -0.05) is 103 Å². The minimum atomic E-state index is -1.50. The van der Waals surface area contributed by atoms with Crippen molar-refractivity contribution in [3.05, 3.63) is 191 Å². The van der Waals surface area contributed by atoms with Gasteiger partial charge in [0.2, 0.25) is 5.91 Å².